The highest BCUT2D eigenvalue weighted by Gasteiger charge is 2.41. The van der Waals surface area contributed by atoms with Gasteiger partial charge in [0, 0.05) is 6.54 Å². The topological polar surface area (TPSA) is 83.6 Å². The van der Waals surface area contributed by atoms with Crippen molar-refractivity contribution >= 4 is 19.6 Å². The van der Waals surface area contributed by atoms with Crippen LogP contribution in [-0.2, 0) is 15.0 Å². The Labute approximate surface area is 163 Å². The molecular weight excluding hydrogens is 339 g/mol. The molecule has 27 heavy (non-hydrogen) atoms. The molecule has 0 aromatic heterocycles. The number of carboxylic acid groups (broad SMARTS) is 1. The SMILES string of the molecule is [B]CCCCC(N)(CCN1CCC(C(C)=O)(c2ccccc2)CC1)C(=O)O. The van der Waals surface area contributed by atoms with Gasteiger partial charge in [-0.15, -0.1) is 0 Å². The summed E-state index contributed by atoms with van der Waals surface area (Å²) in [4.78, 5) is 26.3. The molecule has 1 aromatic rings. The first kappa shape index (κ1) is 21.6. The first-order chi connectivity index (χ1) is 12.8. The molecule has 1 aliphatic heterocycles. The summed E-state index contributed by atoms with van der Waals surface area (Å²) in [6.45, 7) is 3.85. The summed E-state index contributed by atoms with van der Waals surface area (Å²) in [5, 5.41) is 9.55. The summed E-state index contributed by atoms with van der Waals surface area (Å²) < 4.78 is 0. The van der Waals surface area contributed by atoms with Crippen LogP contribution in [0.25, 0.3) is 0 Å². The van der Waals surface area contributed by atoms with E-state index < -0.39 is 16.9 Å². The minimum Gasteiger partial charge on any atom is -0.480 e. The summed E-state index contributed by atoms with van der Waals surface area (Å²) in [5.41, 5.74) is 5.62. The van der Waals surface area contributed by atoms with Crippen LogP contribution >= 0.6 is 0 Å². The normalized spacial score (nSPS) is 19.3. The summed E-state index contributed by atoms with van der Waals surface area (Å²) in [6, 6.07) is 9.98. The minimum absolute atomic E-state index is 0.203. The molecule has 0 spiro atoms. The molecule has 6 heteroatoms. The Morgan fingerprint density at radius 3 is 2.33 bits per heavy atom. The highest BCUT2D eigenvalue weighted by molar-refractivity contribution is 6.08. The van der Waals surface area contributed by atoms with Gasteiger partial charge in [-0.2, -0.15) is 0 Å². The van der Waals surface area contributed by atoms with E-state index in [1.165, 1.54) is 0 Å². The molecule has 1 saturated heterocycles. The second-order valence-corrected chi connectivity index (χ2v) is 7.80. The molecule has 5 nitrogen and oxygen atoms in total. The molecule has 2 radical (unpaired) electrons. The molecule has 1 aromatic carbocycles. The van der Waals surface area contributed by atoms with Crippen molar-refractivity contribution in [1.29, 1.82) is 0 Å². The van der Waals surface area contributed by atoms with Crippen LogP contribution in [0.3, 0.4) is 0 Å². The molecule has 146 valence electrons. The monoisotopic (exact) mass is 370 g/mol. The molecule has 1 aliphatic rings. The second-order valence-electron chi connectivity index (χ2n) is 7.80. The predicted molar refractivity (Wildman–Crippen MR) is 108 cm³/mol. The van der Waals surface area contributed by atoms with Gasteiger partial charge in [-0.25, -0.2) is 0 Å². The van der Waals surface area contributed by atoms with Crippen LogP contribution in [0, 0.1) is 0 Å². The van der Waals surface area contributed by atoms with Gasteiger partial charge in [-0.1, -0.05) is 49.5 Å². The maximum atomic E-state index is 12.5. The zero-order valence-corrected chi connectivity index (χ0v) is 16.3. The van der Waals surface area contributed by atoms with Crippen molar-refractivity contribution in [2.24, 2.45) is 5.73 Å². The van der Waals surface area contributed by atoms with E-state index in [1.54, 1.807) is 6.92 Å². The maximum absolute atomic E-state index is 12.5. The molecule has 0 bridgehead atoms. The van der Waals surface area contributed by atoms with Gasteiger partial charge in [-0.05, 0) is 51.3 Å². The number of benzene rings is 1. The lowest BCUT2D eigenvalue weighted by atomic mass is 9.70. The van der Waals surface area contributed by atoms with Crippen LogP contribution in [0.2, 0.25) is 6.32 Å². The zero-order valence-electron chi connectivity index (χ0n) is 16.3. The second kappa shape index (κ2) is 9.51. The fourth-order valence-corrected chi connectivity index (χ4v) is 4.04. The van der Waals surface area contributed by atoms with Crippen LogP contribution in [0.1, 0.15) is 51.0 Å². The molecule has 2 rings (SSSR count). The van der Waals surface area contributed by atoms with Gasteiger partial charge < -0.3 is 15.7 Å². The van der Waals surface area contributed by atoms with Gasteiger partial charge in [-0.3, -0.25) is 9.59 Å². The highest BCUT2D eigenvalue weighted by Crippen LogP contribution is 2.36. The number of ketones is 1. The summed E-state index contributed by atoms with van der Waals surface area (Å²) >= 11 is 0. The third-order valence-corrected chi connectivity index (χ3v) is 6.09. The molecule has 1 unspecified atom stereocenters. The fraction of sp³-hybridized carbons (Fsp3) is 0.619. The Bertz CT molecular complexity index is 630. The molecule has 1 heterocycles. The lowest BCUT2D eigenvalue weighted by Crippen LogP contribution is -2.52. The van der Waals surface area contributed by atoms with Gasteiger partial charge in [0.05, 0.1) is 13.3 Å². The number of Topliss-reactive ketones (excluding diaryl/α,β-unsaturated/α-hetero) is 1. The number of unbranched alkanes of at least 4 members (excludes halogenated alkanes) is 1. The highest BCUT2D eigenvalue weighted by atomic mass is 16.4. The number of aliphatic carboxylic acids is 1. The zero-order chi connectivity index (χ0) is 19.9. The summed E-state index contributed by atoms with van der Waals surface area (Å²) in [5.74, 6) is -0.743. The standard InChI is InChI=1S/C21H31BN2O3/c1-17(25)20(18-7-3-2-4-8-18)10-14-24(15-11-20)16-12-21(23,19(26)27)9-5-6-13-22/h2-4,7-8H,5-6,9-16,23H2,1H3,(H,26,27). The Kier molecular flexibility index (Phi) is 7.63. The lowest BCUT2D eigenvalue weighted by molar-refractivity contribution is -0.144. The maximum Gasteiger partial charge on any atom is 0.323 e. The number of carboxylic acids is 1. The van der Waals surface area contributed by atoms with Gasteiger partial charge >= 0.3 is 5.97 Å². The number of nitrogens with two attached hydrogens (primary N) is 1. The van der Waals surface area contributed by atoms with Gasteiger partial charge in [0.2, 0.25) is 0 Å². The van der Waals surface area contributed by atoms with Crippen LogP contribution < -0.4 is 5.73 Å². The molecule has 1 fully saturated rings. The molecular formula is C21H31BN2O3. The fourth-order valence-electron chi connectivity index (χ4n) is 4.04. The Balaban J connectivity index is 1.96. The van der Waals surface area contributed by atoms with Crippen molar-refractivity contribution in [3.8, 4) is 0 Å². The number of piperidine rings is 1. The average Bonchev–Trinajstić information content (AvgIpc) is 2.67. The molecule has 0 saturated carbocycles. The minimum atomic E-state index is -1.20. The average molecular weight is 370 g/mol. The van der Waals surface area contributed by atoms with Crippen molar-refractivity contribution in [3.05, 3.63) is 35.9 Å². The van der Waals surface area contributed by atoms with E-state index in [9.17, 15) is 14.7 Å². The van der Waals surface area contributed by atoms with Crippen molar-refractivity contribution in [2.45, 2.75) is 62.7 Å². The van der Waals surface area contributed by atoms with Crippen molar-refractivity contribution in [2.75, 3.05) is 19.6 Å². The van der Waals surface area contributed by atoms with E-state index in [-0.39, 0.29) is 5.78 Å². The molecule has 1 atom stereocenters. The van der Waals surface area contributed by atoms with Gasteiger partial charge in [0.1, 0.15) is 11.3 Å². The Morgan fingerprint density at radius 1 is 1.19 bits per heavy atom. The number of carbonyl (C=O) groups excluding carboxylic acids is 1. The van der Waals surface area contributed by atoms with Crippen LogP contribution in [0.4, 0.5) is 0 Å². The third-order valence-electron chi connectivity index (χ3n) is 6.09. The first-order valence-corrected chi connectivity index (χ1v) is 9.85. The van der Waals surface area contributed by atoms with Crippen LogP contribution in [0.15, 0.2) is 30.3 Å². The summed E-state index contributed by atoms with van der Waals surface area (Å²) in [7, 11) is 5.50. The number of nitrogens with zero attached hydrogens (tertiary/aromatic N) is 1. The number of hydrogen-bond acceptors (Lipinski definition) is 4. The van der Waals surface area contributed by atoms with E-state index >= 15 is 0 Å². The first-order valence-electron chi connectivity index (χ1n) is 9.85. The largest absolute Gasteiger partial charge is 0.480 e. The lowest BCUT2D eigenvalue weighted by Gasteiger charge is -2.41. The number of likely N-dealkylation sites (tertiary alicyclic amines) is 1. The third kappa shape index (κ3) is 5.20. The van der Waals surface area contributed by atoms with E-state index in [4.69, 9.17) is 13.6 Å². The predicted octanol–water partition coefficient (Wildman–Crippen LogP) is 2.54. The van der Waals surface area contributed by atoms with Crippen molar-refractivity contribution < 1.29 is 14.7 Å². The Morgan fingerprint density at radius 2 is 1.81 bits per heavy atom. The quantitative estimate of drug-likeness (QED) is 0.489. The van der Waals surface area contributed by atoms with E-state index in [0.29, 0.717) is 25.7 Å². The summed E-state index contributed by atoms with van der Waals surface area (Å²) in [6.07, 6.45) is 4.41. The Hall–Kier alpha value is -1.66. The smallest absolute Gasteiger partial charge is 0.323 e. The number of hydrogen-bond donors (Lipinski definition) is 2. The molecule has 0 aliphatic carbocycles. The van der Waals surface area contributed by atoms with E-state index in [0.717, 1.165) is 44.3 Å². The molecule has 0 amide bonds. The van der Waals surface area contributed by atoms with Gasteiger partial charge in [0.25, 0.3) is 0 Å². The van der Waals surface area contributed by atoms with Crippen LogP contribution in [-0.4, -0.2) is 54.8 Å². The van der Waals surface area contributed by atoms with E-state index in [1.807, 2.05) is 30.3 Å². The van der Waals surface area contributed by atoms with E-state index in [2.05, 4.69) is 4.90 Å². The number of carbonyl (C=O) groups is 2. The molecule has 3 N–H and O–H groups in total. The van der Waals surface area contributed by atoms with Crippen LogP contribution in [0.5, 0.6) is 0 Å². The van der Waals surface area contributed by atoms with Gasteiger partial charge in [0.15, 0.2) is 0 Å². The van der Waals surface area contributed by atoms with Crippen molar-refractivity contribution in [1.82, 2.24) is 4.90 Å². The van der Waals surface area contributed by atoms with Crippen molar-refractivity contribution in [3.63, 3.8) is 0 Å². The number of rotatable bonds is 10.